The molecule has 1 fully saturated rings. The maximum Gasteiger partial charge on any atom is 0.146 e. The van der Waals surface area contributed by atoms with Gasteiger partial charge < -0.3 is 0 Å². The van der Waals surface area contributed by atoms with Crippen molar-refractivity contribution in [1.29, 1.82) is 0 Å². The van der Waals surface area contributed by atoms with Crippen molar-refractivity contribution in [3.05, 3.63) is 44.9 Å². The molecule has 1 heterocycles. The summed E-state index contributed by atoms with van der Waals surface area (Å²) in [7, 11) is 0. The van der Waals surface area contributed by atoms with Gasteiger partial charge in [0, 0.05) is 11.0 Å². The maximum absolute atomic E-state index is 6.24. The van der Waals surface area contributed by atoms with E-state index in [0.717, 1.165) is 33.5 Å². The Morgan fingerprint density at radius 3 is 2.44 bits per heavy atom. The van der Waals surface area contributed by atoms with Crippen LogP contribution in [0.5, 0.6) is 0 Å². The van der Waals surface area contributed by atoms with Gasteiger partial charge in [-0.2, -0.15) is 0 Å². The lowest BCUT2D eigenvalue weighted by molar-refractivity contribution is 0.709. The second-order valence-corrected chi connectivity index (χ2v) is 6.36. The van der Waals surface area contributed by atoms with Crippen LogP contribution in [0.3, 0.4) is 0 Å². The lowest BCUT2D eigenvalue weighted by atomic mass is 10.1. The Morgan fingerprint density at radius 2 is 1.83 bits per heavy atom. The fraction of sp³-hybridized carbons (Fsp3) is 0.286. The normalized spacial score (nSPS) is 16.6. The van der Waals surface area contributed by atoms with Crippen LogP contribution < -0.4 is 0 Å². The van der Waals surface area contributed by atoms with Crippen LogP contribution in [0, 0.1) is 3.57 Å². The zero-order valence-electron chi connectivity index (χ0n) is 9.95. The van der Waals surface area contributed by atoms with Gasteiger partial charge in [0.05, 0.1) is 9.26 Å². The summed E-state index contributed by atoms with van der Waals surface area (Å²) in [4.78, 5) is 9.17. The third kappa shape index (κ3) is 2.14. The highest BCUT2D eigenvalue weighted by molar-refractivity contribution is 14.1. The molecule has 1 saturated carbocycles. The van der Waals surface area contributed by atoms with Gasteiger partial charge in [0.15, 0.2) is 0 Å². The summed E-state index contributed by atoms with van der Waals surface area (Å²) in [5.41, 5.74) is 2.17. The van der Waals surface area contributed by atoms with Crippen molar-refractivity contribution in [3.63, 3.8) is 0 Å². The number of hydrogen-bond acceptors (Lipinski definition) is 2. The van der Waals surface area contributed by atoms with Crippen molar-refractivity contribution < 1.29 is 0 Å². The van der Waals surface area contributed by atoms with Gasteiger partial charge in [-0.05, 0) is 35.4 Å². The van der Waals surface area contributed by atoms with Crippen LogP contribution in [0.2, 0.25) is 5.15 Å². The van der Waals surface area contributed by atoms with Gasteiger partial charge in [-0.3, -0.25) is 0 Å². The molecule has 0 amide bonds. The summed E-state index contributed by atoms with van der Waals surface area (Å²) in [6, 6.07) is 10.1. The van der Waals surface area contributed by atoms with Gasteiger partial charge in [0.2, 0.25) is 0 Å². The summed E-state index contributed by atoms with van der Waals surface area (Å²) >= 11 is 8.46. The minimum Gasteiger partial charge on any atom is -0.231 e. The first-order valence-corrected chi connectivity index (χ1v) is 7.35. The Kier molecular flexibility index (Phi) is 3.06. The van der Waals surface area contributed by atoms with Gasteiger partial charge in [-0.1, -0.05) is 48.9 Å². The average molecular weight is 371 g/mol. The third-order valence-corrected chi connectivity index (χ3v) is 5.01. The number of halogens is 2. The second kappa shape index (κ2) is 4.46. The van der Waals surface area contributed by atoms with E-state index in [1.807, 2.05) is 18.2 Å². The molecule has 0 N–H and O–H groups in total. The summed E-state index contributed by atoms with van der Waals surface area (Å²) < 4.78 is 0.925. The molecule has 1 aliphatic rings. The lowest BCUT2D eigenvalue weighted by Gasteiger charge is -2.12. The van der Waals surface area contributed by atoms with Crippen molar-refractivity contribution in [2.45, 2.75) is 25.2 Å². The minimum absolute atomic E-state index is 0.136. The first-order chi connectivity index (χ1) is 8.60. The molecular weight excluding hydrogens is 359 g/mol. The topological polar surface area (TPSA) is 25.8 Å². The van der Waals surface area contributed by atoms with Crippen molar-refractivity contribution in [3.8, 4) is 11.3 Å². The Labute approximate surface area is 125 Å². The van der Waals surface area contributed by atoms with Crippen LogP contribution in [0.25, 0.3) is 11.3 Å². The van der Waals surface area contributed by atoms with E-state index in [4.69, 9.17) is 16.6 Å². The quantitative estimate of drug-likeness (QED) is 0.576. The highest BCUT2D eigenvalue weighted by Gasteiger charge is 2.42. The van der Waals surface area contributed by atoms with E-state index in [9.17, 15) is 0 Å². The molecule has 0 atom stereocenters. The molecule has 0 saturated heterocycles. The summed E-state index contributed by atoms with van der Waals surface area (Å²) in [5.74, 6) is 0.881. The molecule has 1 aromatic carbocycles. The Balaban J connectivity index is 2.17. The molecule has 3 rings (SSSR count). The number of nitrogens with zero attached hydrogens (tertiary/aromatic N) is 2. The van der Waals surface area contributed by atoms with E-state index in [1.54, 1.807) is 0 Å². The monoisotopic (exact) mass is 370 g/mol. The van der Waals surface area contributed by atoms with Crippen molar-refractivity contribution in [2.24, 2.45) is 0 Å². The van der Waals surface area contributed by atoms with Gasteiger partial charge >= 0.3 is 0 Å². The zero-order valence-corrected chi connectivity index (χ0v) is 12.9. The predicted octanol–water partition coefficient (Wildman–Crippen LogP) is 4.45. The van der Waals surface area contributed by atoms with Crippen molar-refractivity contribution in [1.82, 2.24) is 9.97 Å². The number of benzene rings is 1. The van der Waals surface area contributed by atoms with E-state index in [-0.39, 0.29) is 5.41 Å². The molecular formula is C14H12ClIN2. The largest absolute Gasteiger partial charge is 0.231 e. The number of rotatable bonds is 2. The van der Waals surface area contributed by atoms with Crippen LogP contribution in [0.15, 0.2) is 30.3 Å². The summed E-state index contributed by atoms with van der Waals surface area (Å²) in [6.07, 6.45) is 2.30. The standard InChI is InChI=1S/C14H12ClIN2/c1-14(7-8-14)13-17-11(10(16)12(15)18-13)9-5-3-2-4-6-9/h2-6H,7-8H2,1H3. The van der Waals surface area contributed by atoms with Crippen LogP contribution >= 0.6 is 34.2 Å². The molecule has 0 bridgehead atoms. The van der Waals surface area contributed by atoms with Gasteiger partial charge in [0.1, 0.15) is 11.0 Å². The van der Waals surface area contributed by atoms with Crippen LogP contribution in [-0.2, 0) is 5.41 Å². The predicted molar refractivity (Wildman–Crippen MR) is 81.8 cm³/mol. The fourth-order valence-electron chi connectivity index (χ4n) is 1.89. The highest BCUT2D eigenvalue weighted by Crippen LogP contribution is 2.47. The molecule has 0 unspecified atom stereocenters. The Bertz CT molecular complexity index is 594. The van der Waals surface area contributed by atoms with Crippen molar-refractivity contribution in [2.75, 3.05) is 0 Å². The number of aromatic nitrogens is 2. The number of hydrogen-bond donors (Lipinski definition) is 0. The maximum atomic E-state index is 6.24. The van der Waals surface area contributed by atoms with E-state index in [1.165, 1.54) is 0 Å². The second-order valence-electron chi connectivity index (χ2n) is 4.93. The fourth-order valence-corrected chi connectivity index (χ4v) is 2.61. The first-order valence-electron chi connectivity index (χ1n) is 5.89. The van der Waals surface area contributed by atoms with E-state index in [0.29, 0.717) is 5.15 Å². The summed E-state index contributed by atoms with van der Waals surface area (Å²) in [5, 5.41) is 0.563. The molecule has 0 radical (unpaired) electrons. The minimum atomic E-state index is 0.136. The molecule has 18 heavy (non-hydrogen) atoms. The van der Waals surface area contributed by atoms with E-state index >= 15 is 0 Å². The van der Waals surface area contributed by atoms with Crippen LogP contribution in [0.1, 0.15) is 25.6 Å². The Morgan fingerprint density at radius 1 is 1.17 bits per heavy atom. The molecule has 2 aromatic rings. The Hall–Kier alpha value is -0.680. The van der Waals surface area contributed by atoms with Gasteiger partial charge in [0.25, 0.3) is 0 Å². The van der Waals surface area contributed by atoms with Gasteiger partial charge in [-0.25, -0.2) is 9.97 Å². The summed E-state index contributed by atoms with van der Waals surface area (Å²) in [6.45, 7) is 2.19. The molecule has 2 nitrogen and oxygen atoms in total. The molecule has 0 spiro atoms. The van der Waals surface area contributed by atoms with E-state index < -0.39 is 0 Å². The first kappa shape index (κ1) is 12.4. The smallest absolute Gasteiger partial charge is 0.146 e. The SMILES string of the molecule is CC1(c2nc(Cl)c(I)c(-c3ccccc3)n2)CC1. The van der Waals surface area contributed by atoms with Crippen LogP contribution in [0.4, 0.5) is 0 Å². The highest BCUT2D eigenvalue weighted by atomic mass is 127. The van der Waals surface area contributed by atoms with Crippen molar-refractivity contribution >= 4 is 34.2 Å². The third-order valence-electron chi connectivity index (χ3n) is 3.40. The molecule has 0 aliphatic heterocycles. The molecule has 1 aromatic heterocycles. The molecule has 92 valence electrons. The lowest BCUT2D eigenvalue weighted by Crippen LogP contribution is -2.09. The van der Waals surface area contributed by atoms with Gasteiger partial charge in [-0.15, -0.1) is 0 Å². The molecule has 1 aliphatic carbocycles. The average Bonchev–Trinajstić information content (AvgIpc) is 3.13. The zero-order chi connectivity index (χ0) is 12.8. The van der Waals surface area contributed by atoms with E-state index in [2.05, 4.69) is 46.6 Å². The van der Waals surface area contributed by atoms with Crippen LogP contribution in [-0.4, -0.2) is 9.97 Å². The molecule has 4 heteroatoms.